The summed E-state index contributed by atoms with van der Waals surface area (Å²) < 4.78 is 35.3. The highest BCUT2D eigenvalue weighted by Crippen LogP contribution is 2.32. The highest BCUT2D eigenvalue weighted by Gasteiger charge is 2.41. The fourth-order valence-electron chi connectivity index (χ4n) is 2.67. The molecule has 1 fully saturated rings. The maximum absolute atomic E-state index is 12.4. The van der Waals surface area contributed by atoms with Crippen LogP contribution in [-0.4, -0.2) is 39.1 Å². The van der Waals surface area contributed by atoms with Gasteiger partial charge >= 0.3 is 6.09 Å². The standard InChI is InChI=1S/C18H19NO5S/c1-13-8-10-15(11-9-13)25(21,22)23-12-16-17(24-18(20)19(16)2)14-6-4-3-5-7-14/h3-11,16-17H,12H2,1-2H3/t16-,17+/m1/s1. The van der Waals surface area contributed by atoms with E-state index in [2.05, 4.69) is 0 Å². The lowest BCUT2D eigenvalue weighted by Crippen LogP contribution is -2.35. The van der Waals surface area contributed by atoms with Crippen LogP contribution in [-0.2, 0) is 19.0 Å². The fourth-order valence-corrected chi connectivity index (χ4v) is 3.60. The average molecular weight is 361 g/mol. The molecular weight excluding hydrogens is 342 g/mol. The number of ether oxygens (including phenoxy) is 1. The number of benzene rings is 2. The molecule has 132 valence electrons. The van der Waals surface area contributed by atoms with Crippen molar-refractivity contribution in [2.45, 2.75) is 24.0 Å². The van der Waals surface area contributed by atoms with Crippen molar-refractivity contribution in [1.82, 2.24) is 4.90 Å². The average Bonchev–Trinajstić information content (AvgIpc) is 2.89. The summed E-state index contributed by atoms with van der Waals surface area (Å²) in [4.78, 5) is 13.3. The van der Waals surface area contributed by atoms with Crippen LogP contribution < -0.4 is 0 Å². The van der Waals surface area contributed by atoms with E-state index < -0.39 is 28.4 Å². The summed E-state index contributed by atoms with van der Waals surface area (Å²) in [5, 5.41) is 0. The summed E-state index contributed by atoms with van der Waals surface area (Å²) in [5.41, 5.74) is 1.75. The molecule has 0 N–H and O–H groups in total. The van der Waals surface area contributed by atoms with E-state index in [9.17, 15) is 13.2 Å². The third-order valence-corrected chi connectivity index (χ3v) is 5.49. The van der Waals surface area contributed by atoms with Crippen molar-refractivity contribution in [3.8, 4) is 0 Å². The number of rotatable bonds is 5. The van der Waals surface area contributed by atoms with Gasteiger partial charge in [0.05, 0.1) is 11.5 Å². The van der Waals surface area contributed by atoms with Gasteiger partial charge in [-0.05, 0) is 24.6 Å². The number of hydrogen-bond acceptors (Lipinski definition) is 5. The minimum Gasteiger partial charge on any atom is -0.439 e. The molecule has 7 heteroatoms. The molecule has 0 aliphatic carbocycles. The van der Waals surface area contributed by atoms with Gasteiger partial charge in [0.1, 0.15) is 6.04 Å². The van der Waals surface area contributed by atoms with E-state index in [0.717, 1.165) is 11.1 Å². The molecule has 2 atom stereocenters. The van der Waals surface area contributed by atoms with Gasteiger partial charge in [-0.15, -0.1) is 0 Å². The highest BCUT2D eigenvalue weighted by molar-refractivity contribution is 7.86. The van der Waals surface area contributed by atoms with E-state index in [1.165, 1.54) is 17.0 Å². The van der Waals surface area contributed by atoms with Crippen LogP contribution in [0.4, 0.5) is 4.79 Å². The van der Waals surface area contributed by atoms with E-state index in [0.29, 0.717) is 0 Å². The Kier molecular flexibility index (Phi) is 4.78. The first-order chi connectivity index (χ1) is 11.9. The van der Waals surface area contributed by atoms with Crippen LogP contribution in [0.5, 0.6) is 0 Å². The third-order valence-electron chi connectivity index (χ3n) is 4.19. The number of amides is 1. The third kappa shape index (κ3) is 3.67. The van der Waals surface area contributed by atoms with Crippen molar-refractivity contribution in [1.29, 1.82) is 0 Å². The Morgan fingerprint density at radius 3 is 2.36 bits per heavy atom. The molecule has 0 saturated carbocycles. The number of likely N-dealkylation sites (N-methyl/N-ethyl adjacent to an activating group) is 1. The largest absolute Gasteiger partial charge is 0.439 e. The Labute approximate surface area is 147 Å². The molecule has 1 aliphatic rings. The lowest BCUT2D eigenvalue weighted by molar-refractivity contribution is 0.123. The summed E-state index contributed by atoms with van der Waals surface area (Å²) in [5.74, 6) is 0. The zero-order valence-electron chi connectivity index (χ0n) is 14.0. The number of nitrogens with zero attached hydrogens (tertiary/aromatic N) is 1. The molecule has 0 unspecified atom stereocenters. The number of carbonyl (C=O) groups excluding carboxylic acids is 1. The predicted octanol–water partition coefficient (Wildman–Crippen LogP) is 2.89. The number of aryl methyl sites for hydroxylation is 1. The van der Waals surface area contributed by atoms with E-state index in [4.69, 9.17) is 8.92 Å². The first-order valence-corrected chi connectivity index (χ1v) is 9.24. The van der Waals surface area contributed by atoms with E-state index >= 15 is 0 Å². The van der Waals surface area contributed by atoms with Crippen LogP contribution in [0, 0.1) is 6.92 Å². The van der Waals surface area contributed by atoms with Crippen molar-refractivity contribution in [3.05, 3.63) is 65.7 Å². The summed E-state index contributed by atoms with van der Waals surface area (Å²) >= 11 is 0. The molecule has 2 aromatic rings. The maximum Gasteiger partial charge on any atom is 0.410 e. The van der Waals surface area contributed by atoms with Crippen LogP contribution in [0.2, 0.25) is 0 Å². The second-order valence-electron chi connectivity index (χ2n) is 5.94. The topological polar surface area (TPSA) is 72.9 Å². The smallest absolute Gasteiger partial charge is 0.410 e. The van der Waals surface area contributed by atoms with Gasteiger partial charge in [0, 0.05) is 7.05 Å². The molecule has 25 heavy (non-hydrogen) atoms. The minimum absolute atomic E-state index is 0.0854. The molecule has 0 aromatic heterocycles. The van der Waals surface area contributed by atoms with E-state index in [1.54, 1.807) is 19.2 Å². The minimum atomic E-state index is -3.90. The van der Waals surface area contributed by atoms with Crippen molar-refractivity contribution in [2.24, 2.45) is 0 Å². The SMILES string of the molecule is Cc1ccc(S(=O)(=O)OC[C@@H]2[C@H](c3ccccc3)OC(=O)N2C)cc1. The summed E-state index contributed by atoms with van der Waals surface area (Å²) in [7, 11) is -2.34. The molecule has 1 amide bonds. The Bertz CT molecular complexity index is 849. The molecular formula is C18H19NO5S. The van der Waals surface area contributed by atoms with Gasteiger partial charge < -0.3 is 9.64 Å². The van der Waals surface area contributed by atoms with Crippen molar-refractivity contribution < 1.29 is 22.1 Å². The van der Waals surface area contributed by atoms with Gasteiger partial charge in [0.15, 0.2) is 6.10 Å². The fraction of sp³-hybridized carbons (Fsp3) is 0.278. The molecule has 0 bridgehead atoms. The van der Waals surface area contributed by atoms with Crippen LogP contribution in [0.3, 0.4) is 0 Å². The summed E-state index contributed by atoms with van der Waals surface area (Å²) in [6, 6.07) is 15.1. The van der Waals surface area contributed by atoms with Crippen LogP contribution in [0.25, 0.3) is 0 Å². The lowest BCUT2D eigenvalue weighted by atomic mass is 10.0. The van der Waals surface area contributed by atoms with Crippen LogP contribution in [0.1, 0.15) is 17.2 Å². The molecule has 0 spiro atoms. The maximum atomic E-state index is 12.4. The summed E-state index contributed by atoms with van der Waals surface area (Å²) in [6.45, 7) is 1.69. The first kappa shape index (κ1) is 17.4. The van der Waals surface area contributed by atoms with Crippen LogP contribution in [0.15, 0.2) is 59.5 Å². The predicted molar refractivity (Wildman–Crippen MR) is 91.5 cm³/mol. The first-order valence-electron chi connectivity index (χ1n) is 7.83. The second kappa shape index (κ2) is 6.85. The Balaban J connectivity index is 1.78. The Morgan fingerprint density at radius 1 is 1.08 bits per heavy atom. The van der Waals surface area contributed by atoms with E-state index in [-0.39, 0.29) is 11.5 Å². The van der Waals surface area contributed by atoms with Crippen molar-refractivity contribution >= 4 is 16.2 Å². The zero-order valence-corrected chi connectivity index (χ0v) is 14.8. The lowest BCUT2D eigenvalue weighted by Gasteiger charge is -2.21. The zero-order chi connectivity index (χ0) is 18.0. The number of hydrogen-bond donors (Lipinski definition) is 0. The van der Waals surface area contributed by atoms with Gasteiger partial charge in [-0.2, -0.15) is 8.42 Å². The molecule has 3 rings (SSSR count). The number of carbonyl (C=O) groups is 1. The van der Waals surface area contributed by atoms with E-state index in [1.807, 2.05) is 37.3 Å². The molecule has 6 nitrogen and oxygen atoms in total. The molecule has 0 radical (unpaired) electrons. The van der Waals surface area contributed by atoms with Crippen LogP contribution >= 0.6 is 0 Å². The second-order valence-corrected chi connectivity index (χ2v) is 7.56. The molecule has 1 saturated heterocycles. The van der Waals surface area contributed by atoms with Gasteiger partial charge in [0.2, 0.25) is 0 Å². The van der Waals surface area contributed by atoms with Gasteiger partial charge in [-0.3, -0.25) is 4.18 Å². The quantitative estimate of drug-likeness (QED) is 0.766. The Morgan fingerprint density at radius 2 is 1.72 bits per heavy atom. The van der Waals surface area contributed by atoms with Gasteiger partial charge in [-0.25, -0.2) is 4.79 Å². The monoisotopic (exact) mass is 361 g/mol. The van der Waals surface area contributed by atoms with Gasteiger partial charge in [-0.1, -0.05) is 48.0 Å². The Hall–Kier alpha value is -2.38. The normalized spacial score (nSPS) is 20.6. The molecule has 2 aromatic carbocycles. The molecule has 1 aliphatic heterocycles. The highest BCUT2D eigenvalue weighted by atomic mass is 32.2. The number of cyclic esters (lactones) is 1. The molecule has 1 heterocycles. The summed E-state index contributed by atoms with van der Waals surface area (Å²) in [6.07, 6.45) is -1.08. The van der Waals surface area contributed by atoms with Crippen molar-refractivity contribution in [3.63, 3.8) is 0 Å². The van der Waals surface area contributed by atoms with Crippen molar-refractivity contribution in [2.75, 3.05) is 13.7 Å². The van der Waals surface area contributed by atoms with Gasteiger partial charge in [0.25, 0.3) is 10.1 Å².